The van der Waals surface area contributed by atoms with Gasteiger partial charge in [-0.25, -0.2) is 8.42 Å². The molecule has 2 atom stereocenters. The molecule has 9 heteroatoms. The maximum Gasteiger partial charge on any atom is 1.00 e. The van der Waals surface area contributed by atoms with Gasteiger partial charge in [-0.1, -0.05) is 181 Å². The van der Waals surface area contributed by atoms with Crippen molar-refractivity contribution in [1.29, 1.82) is 0 Å². The van der Waals surface area contributed by atoms with Crippen molar-refractivity contribution in [3.05, 3.63) is 0 Å². The molecular weight excluding hydrogens is 660 g/mol. The molecule has 7 nitrogen and oxygen atoms in total. The van der Waals surface area contributed by atoms with Crippen LogP contribution in [0.15, 0.2) is 0 Å². The first-order chi connectivity index (χ1) is 23.8. The van der Waals surface area contributed by atoms with Crippen LogP contribution < -0.4 is 29.6 Å². The van der Waals surface area contributed by atoms with Gasteiger partial charge < -0.3 is 23.5 Å². The normalized spacial score (nSPS) is 17.4. The van der Waals surface area contributed by atoms with E-state index < -0.39 is 21.7 Å². The first-order valence-corrected chi connectivity index (χ1v) is 22.8. The molecule has 0 aromatic carbocycles. The molecule has 1 rings (SSSR count). The van der Waals surface area contributed by atoms with Gasteiger partial charge in [0.1, 0.15) is 12.2 Å². The number of hydrogen-bond donors (Lipinski definition) is 0. The molecule has 0 aromatic heterocycles. The molecule has 0 radical (unpaired) electrons. The molecule has 0 amide bonds. The first-order valence-electron chi connectivity index (χ1n) is 21.2. The largest absolute Gasteiger partial charge is 1.00 e. The molecule has 0 bridgehead atoms. The molecule has 1 saturated heterocycles. The van der Waals surface area contributed by atoms with Crippen molar-refractivity contribution in [1.82, 2.24) is 0 Å². The van der Waals surface area contributed by atoms with E-state index in [0.29, 0.717) is 32.8 Å². The van der Waals surface area contributed by atoms with Gasteiger partial charge in [0.25, 0.3) is 0 Å². The monoisotopic (exact) mass is 741 g/mol. The summed E-state index contributed by atoms with van der Waals surface area (Å²) < 4.78 is 57.9. The fourth-order valence-corrected chi connectivity index (χ4v) is 7.48. The minimum atomic E-state index is -4.26. The van der Waals surface area contributed by atoms with Crippen molar-refractivity contribution >= 4 is 10.1 Å². The molecule has 0 unspecified atom stereocenters. The Bertz CT molecular complexity index is 769. The molecule has 50 heavy (non-hydrogen) atoms. The van der Waals surface area contributed by atoms with E-state index in [9.17, 15) is 13.0 Å². The molecule has 0 aliphatic carbocycles. The molecular formula is C41H81NaO7S. The van der Waals surface area contributed by atoms with Crippen LogP contribution in [0.4, 0.5) is 0 Å². The summed E-state index contributed by atoms with van der Waals surface area (Å²) in [5, 5.41) is 0. The second-order valence-corrected chi connectivity index (χ2v) is 16.7. The fourth-order valence-electron chi connectivity index (χ4n) is 6.99. The van der Waals surface area contributed by atoms with E-state index in [4.69, 9.17) is 18.9 Å². The zero-order chi connectivity index (χ0) is 35.7. The number of unbranched alkanes of at least 4 members (excludes halogenated alkanes) is 26. The van der Waals surface area contributed by atoms with Gasteiger partial charge in [-0.15, -0.1) is 0 Å². The summed E-state index contributed by atoms with van der Waals surface area (Å²) in [5.74, 6) is -1.34. The molecule has 0 spiro atoms. The molecule has 1 aliphatic heterocycles. The maximum atomic E-state index is 11.1. The maximum absolute atomic E-state index is 11.1. The van der Waals surface area contributed by atoms with E-state index in [1.807, 2.05) is 6.92 Å². The second kappa shape index (κ2) is 35.5. The van der Waals surface area contributed by atoms with Gasteiger partial charge in [0.15, 0.2) is 5.79 Å². The molecule has 0 N–H and O–H groups in total. The Morgan fingerprint density at radius 3 is 1.06 bits per heavy atom. The standard InChI is InChI=1S/C41H82O7S.Na/c1-4-6-8-10-12-14-16-18-20-22-24-26-28-30-34-45-37-39-40(48-41(3,47-39)33-32-36-49(42,43)44)38-46-35-31-29-27-25-23-21-19-17-15-13-11-9-7-5-2;/h39-40H,4-38H2,1-3H3,(H,42,43,44);/q;+1/p-1/t39-,40-;/m1./s1. The molecule has 0 saturated carbocycles. The average Bonchev–Trinajstić information content (AvgIpc) is 3.38. The topological polar surface area (TPSA) is 94.1 Å². The van der Waals surface area contributed by atoms with E-state index in [2.05, 4.69) is 13.8 Å². The van der Waals surface area contributed by atoms with Crippen LogP contribution >= 0.6 is 0 Å². The number of ether oxygens (including phenoxy) is 4. The van der Waals surface area contributed by atoms with Crippen LogP contribution in [0.5, 0.6) is 0 Å². The quantitative estimate of drug-likeness (QED) is 0.0355. The van der Waals surface area contributed by atoms with Crippen molar-refractivity contribution in [3.63, 3.8) is 0 Å². The fraction of sp³-hybridized carbons (Fsp3) is 1.00. The van der Waals surface area contributed by atoms with Crippen LogP contribution in [0.25, 0.3) is 0 Å². The van der Waals surface area contributed by atoms with Gasteiger partial charge in [0, 0.05) is 25.4 Å². The van der Waals surface area contributed by atoms with Crippen molar-refractivity contribution in [2.45, 2.75) is 231 Å². The van der Waals surface area contributed by atoms with E-state index >= 15 is 0 Å². The van der Waals surface area contributed by atoms with E-state index in [1.165, 1.54) is 167 Å². The van der Waals surface area contributed by atoms with Gasteiger partial charge in [-0.2, -0.15) is 0 Å². The summed E-state index contributed by atoms with van der Waals surface area (Å²) in [4.78, 5) is 0. The van der Waals surface area contributed by atoms with Crippen molar-refractivity contribution in [2.75, 3.05) is 32.2 Å². The third kappa shape index (κ3) is 32.2. The molecule has 1 aliphatic rings. The summed E-state index contributed by atoms with van der Waals surface area (Å²) in [7, 11) is -4.26. The zero-order valence-electron chi connectivity index (χ0n) is 33.7. The van der Waals surface area contributed by atoms with Crippen molar-refractivity contribution < 1.29 is 61.5 Å². The Balaban J connectivity index is 0.0000240. The van der Waals surface area contributed by atoms with Crippen LogP contribution in [0.3, 0.4) is 0 Å². The predicted molar refractivity (Wildman–Crippen MR) is 204 cm³/mol. The summed E-state index contributed by atoms with van der Waals surface area (Å²) >= 11 is 0. The summed E-state index contributed by atoms with van der Waals surface area (Å²) in [5.41, 5.74) is 0. The first kappa shape index (κ1) is 50.8. The zero-order valence-corrected chi connectivity index (χ0v) is 36.5. The minimum Gasteiger partial charge on any atom is -0.748 e. The van der Waals surface area contributed by atoms with Crippen LogP contribution in [-0.4, -0.2) is 63.1 Å². The number of hydrogen-bond acceptors (Lipinski definition) is 7. The molecule has 1 heterocycles. The Labute approximate surface area is 333 Å². The van der Waals surface area contributed by atoms with Gasteiger partial charge in [-0.3, -0.25) is 0 Å². The third-order valence-electron chi connectivity index (χ3n) is 10.1. The summed E-state index contributed by atoms with van der Waals surface area (Å²) in [6.07, 6.45) is 37.4. The average molecular weight is 741 g/mol. The van der Waals surface area contributed by atoms with Crippen molar-refractivity contribution in [3.8, 4) is 0 Å². The minimum absolute atomic E-state index is 0. The van der Waals surface area contributed by atoms with E-state index in [0.717, 1.165) is 12.8 Å². The van der Waals surface area contributed by atoms with Crippen LogP contribution in [0.1, 0.15) is 213 Å². The van der Waals surface area contributed by atoms with E-state index in [-0.39, 0.29) is 48.2 Å². The van der Waals surface area contributed by atoms with Crippen LogP contribution in [-0.2, 0) is 29.1 Å². The molecule has 294 valence electrons. The van der Waals surface area contributed by atoms with Gasteiger partial charge in [0.2, 0.25) is 0 Å². The molecule has 0 aromatic rings. The van der Waals surface area contributed by atoms with Crippen LogP contribution in [0.2, 0.25) is 0 Å². The van der Waals surface area contributed by atoms with Crippen LogP contribution in [0, 0.1) is 0 Å². The van der Waals surface area contributed by atoms with Gasteiger partial charge in [0.05, 0.1) is 23.3 Å². The third-order valence-corrected chi connectivity index (χ3v) is 10.9. The SMILES string of the molecule is CCCCCCCCCCCCCCCCOC[C@H]1OC(C)(CCCS(=O)(=O)[O-])O[C@@H]1COCCCCCCCCCCCCCCCC.[Na+]. The Kier molecular flexibility index (Phi) is 36.0. The Morgan fingerprint density at radius 1 is 0.500 bits per heavy atom. The Morgan fingerprint density at radius 2 is 0.780 bits per heavy atom. The van der Waals surface area contributed by atoms with E-state index in [1.54, 1.807) is 0 Å². The predicted octanol–water partition coefficient (Wildman–Crippen LogP) is 8.81. The summed E-state index contributed by atoms with van der Waals surface area (Å²) in [6, 6.07) is 0. The second-order valence-electron chi connectivity index (χ2n) is 15.2. The number of rotatable bonds is 38. The van der Waals surface area contributed by atoms with Crippen molar-refractivity contribution in [2.24, 2.45) is 0 Å². The Hall–Kier alpha value is 0.750. The molecule has 1 fully saturated rings. The van der Waals surface area contributed by atoms with Gasteiger partial charge >= 0.3 is 29.6 Å². The summed E-state index contributed by atoms with van der Waals surface area (Å²) in [6.45, 7) is 8.65. The smallest absolute Gasteiger partial charge is 0.748 e. The van der Waals surface area contributed by atoms with Gasteiger partial charge in [-0.05, 0) is 26.2 Å².